The molecule has 0 atom stereocenters. The van der Waals surface area contributed by atoms with E-state index in [1.165, 1.54) is 0 Å². The minimum Gasteiger partial charge on any atom is -0.559 e. The van der Waals surface area contributed by atoms with Crippen LogP contribution in [0.5, 0.6) is 34.5 Å². The highest BCUT2D eigenvalue weighted by Gasteiger charge is 2.55. The van der Waals surface area contributed by atoms with Crippen LogP contribution in [0, 0.1) is 0 Å². The first-order valence-corrected chi connectivity index (χ1v) is 27.5. The molecule has 10 nitrogen and oxygen atoms in total. The highest BCUT2D eigenvalue weighted by molar-refractivity contribution is 6.81. The predicted octanol–water partition coefficient (Wildman–Crippen LogP) is 10.2. The zero-order valence-corrected chi connectivity index (χ0v) is 43.4. The van der Waals surface area contributed by atoms with Crippen LogP contribution in [0.2, 0.25) is 0 Å². The minimum atomic E-state index is -0.973. The lowest BCUT2D eigenvalue weighted by Gasteiger charge is -2.47. The standard InChI is InChI=1S/C66H41B5N4O6/c76-46-31-17-32-47(77)54(46)56-60-50(40-27-13-15-29-43(40)73(67-60)37-21-7-2-8-22-37)65-59-53-45(74(68-61(56)59)38-23-9-3-10-24-38)35-42(72-36-19-5-1-6-20-36)52-58-62-57-55-48(78-69-62)33-18-34-49(55)79-70-63(57)51(66(58)81-71(80-65)64(52)53)41-28-14-16-30-44(41)75(70)39-25-11-4-12-26-39/h1-35,67-69,72,76-77H. The fraction of sp³-hybridized carbons (Fsp3) is 0. The van der Waals surface area contributed by atoms with Crippen molar-refractivity contribution in [1.29, 1.82) is 0 Å². The lowest BCUT2D eigenvalue weighted by atomic mass is 9.52. The van der Waals surface area contributed by atoms with E-state index in [0.29, 0.717) is 31.9 Å². The third-order valence-corrected chi connectivity index (χ3v) is 17.4. The number of fused-ring (bicyclic) bond motifs is 10. The second kappa shape index (κ2) is 16.6. The molecule has 0 bridgehead atoms. The van der Waals surface area contributed by atoms with Crippen LogP contribution in [-0.4, -0.2) is 46.7 Å². The number of hydrogen-bond acceptors (Lipinski definition) is 10. The Morgan fingerprint density at radius 1 is 0.395 bits per heavy atom. The van der Waals surface area contributed by atoms with Crippen LogP contribution in [0.25, 0.3) is 66.8 Å². The first-order valence-electron chi connectivity index (χ1n) is 27.5. The number of phenols is 2. The van der Waals surface area contributed by atoms with E-state index in [4.69, 9.17) is 18.6 Å². The molecule has 0 aliphatic carbocycles. The molecule has 0 amide bonds. The van der Waals surface area contributed by atoms with Crippen molar-refractivity contribution in [2.45, 2.75) is 0 Å². The third-order valence-electron chi connectivity index (χ3n) is 17.4. The van der Waals surface area contributed by atoms with Crippen molar-refractivity contribution in [1.82, 2.24) is 0 Å². The van der Waals surface area contributed by atoms with E-state index >= 15 is 0 Å². The van der Waals surface area contributed by atoms with Crippen LogP contribution < -0.4 is 65.7 Å². The average molecular weight is 1040 g/mol. The normalized spacial score (nSPS) is 14.1. The molecular weight excluding hydrogens is 999 g/mol. The van der Waals surface area contributed by atoms with Gasteiger partial charge in [-0.05, 0) is 119 Å². The molecule has 3 N–H and O–H groups in total. The van der Waals surface area contributed by atoms with Crippen molar-refractivity contribution < 1.29 is 28.8 Å². The van der Waals surface area contributed by atoms with Gasteiger partial charge in [0.25, 0.3) is 14.8 Å². The van der Waals surface area contributed by atoms with E-state index in [-0.39, 0.29) is 19.0 Å². The van der Waals surface area contributed by atoms with E-state index < -0.39 is 14.2 Å². The Bertz CT molecular complexity index is 4540. The molecule has 0 spiro atoms. The summed E-state index contributed by atoms with van der Waals surface area (Å²) in [6, 6.07) is 72.3. The summed E-state index contributed by atoms with van der Waals surface area (Å²) in [4.78, 5) is 7.02. The molecule has 376 valence electrons. The summed E-state index contributed by atoms with van der Waals surface area (Å²) < 4.78 is 30.0. The Morgan fingerprint density at radius 3 is 1.65 bits per heavy atom. The summed E-state index contributed by atoms with van der Waals surface area (Å²) in [6.07, 6.45) is 0. The molecule has 0 fully saturated rings. The molecular formula is C66H41B5N4O6. The Balaban J connectivity index is 1.01. The number of rotatable bonds is 6. The lowest BCUT2D eigenvalue weighted by molar-refractivity contribution is 0.438. The van der Waals surface area contributed by atoms with Crippen LogP contribution in [0.4, 0.5) is 45.5 Å². The monoisotopic (exact) mass is 1040 g/mol. The Morgan fingerprint density at radius 2 is 0.951 bits per heavy atom. The summed E-state index contributed by atoms with van der Waals surface area (Å²) in [5.41, 5.74) is 23.1. The summed E-state index contributed by atoms with van der Waals surface area (Å²) in [7, 11) is -0.479. The van der Waals surface area contributed by atoms with E-state index in [1.807, 2.05) is 36.4 Å². The van der Waals surface area contributed by atoms with Crippen LogP contribution in [-0.2, 0) is 0 Å². The Kier molecular flexibility index (Phi) is 9.18. The summed E-state index contributed by atoms with van der Waals surface area (Å²) >= 11 is 0. The zero-order valence-electron chi connectivity index (χ0n) is 43.4. The van der Waals surface area contributed by atoms with Crippen molar-refractivity contribution in [3.05, 3.63) is 212 Å². The highest BCUT2D eigenvalue weighted by atomic mass is 16.6. The molecule has 0 unspecified atom stereocenters. The largest absolute Gasteiger partial charge is 0.634 e. The zero-order chi connectivity index (χ0) is 53.2. The molecule has 0 saturated heterocycles. The average Bonchev–Trinajstić information content (AvgIpc) is 2.09. The van der Waals surface area contributed by atoms with Crippen molar-refractivity contribution in [3.8, 4) is 101 Å². The molecule has 0 aromatic heterocycles. The van der Waals surface area contributed by atoms with Crippen molar-refractivity contribution in [2.24, 2.45) is 0 Å². The van der Waals surface area contributed by atoms with Gasteiger partial charge in [0.2, 0.25) is 0 Å². The lowest BCUT2D eigenvalue weighted by Crippen LogP contribution is -2.60. The Hall–Kier alpha value is -10.3. The van der Waals surface area contributed by atoms with Crippen LogP contribution in [0.1, 0.15) is 0 Å². The van der Waals surface area contributed by atoms with Crippen LogP contribution in [0.15, 0.2) is 212 Å². The van der Waals surface area contributed by atoms with Gasteiger partial charge >= 0.3 is 21.7 Å². The number of anilines is 8. The fourth-order valence-electron chi connectivity index (χ4n) is 14.3. The van der Waals surface area contributed by atoms with Gasteiger partial charge in [0.05, 0.1) is 11.1 Å². The molecule has 15 heteroatoms. The van der Waals surface area contributed by atoms with Gasteiger partial charge in [0.1, 0.15) is 34.5 Å². The predicted molar refractivity (Wildman–Crippen MR) is 331 cm³/mol. The molecule has 0 radical (unpaired) electrons. The van der Waals surface area contributed by atoms with Gasteiger partial charge < -0.3 is 48.6 Å². The number of aromatic hydroxyl groups is 2. The number of nitrogens with zero attached hydrogens (tertiary/aromatic N) is 3. The van der Waals surface area contributed by atoms with Gasteiger partial charge in [-0.25, -0.2) is 0 Å². The molecule has 18 rings (SSSR count). The quantitative estimate of drug-likeness (QED) is 0.140. The second-order valence-corrected chi connectivity index (χ2v) is 21.6. The molecule has 0 saturated carbocycles. The number of phenolic OH excluding ortho intramolecular Hbond substituents is 2. The molecule has 81 heavy (non-hydrogen) atoms. The minimum absolute atomic E-state index is 0.0160. The molecule has 7 heterocycles. The highest BCUT2D eigenvalue weighted by Crippen LogP contribution is 2.59. The van der Waals surface area contributed by atoms with Gasteiger partial charge in [-0.15, -0.1) is 0 Å². The maximum atomic E-state index is 12.2. The summed E-state index contributed by atoms with van der Waals surface area (Å²) in [5.74, 6) is 2.87. The number of para-hydroxylation sites is 6. The third kappa shape index (κ3) is 6.12. The van der Waals surface area contributed by atoms with Crippen molar-refractivity contribution in [3.63, 3.8) is 0 Å². The topological polar surface area (TPSA) is 99.1 Å². The van der Waals surface area contributed by atoms with Crippen molar-refractivity contribution in [2.75, 3.05) is 19.7 Å². The first kappa shape index (κ1) is 44.7. The first-order chi connectivity index (χ1) is 40.1. The number of nitrogens with one attached hydrogen (secondary N) is 1. The van der Waals surface area contributed by atoms with Crippen LogP contribution >= 0.6 is 0 Å². The SMILES string of the molecule is Oc1cccc(O)c1-c1c2c(c3c4c1BN(c1ccccc1)c1cc(Nc5ccccc5)c5c(c1-4)B(O3)Oc1c-5c3c4c5c1-c1ccccc1N(c1ccccc1)B5Oc1cccc(c1-4)OB3)-c1ccccc1N(c1ccccc1)B2. The Labute approximate surface area is 469 Å². The summed E-state index contributed by atoms with van der Waals surface area (Å²) in [5, 5.41) is 28.5. The fourth-order valence-corrected chi connectivity index (χ4v) is 14.3. The van der Waals surface area contributed by atoms with Gasteiger partial charge in [-0.3, -0.25) is 0 Å². The van der Waals surface area contributed by atoms with Crippen LogP contribution in [0.3, 0.4) is 0 Å². The smallest absolute Gasteiger partial charge is 0.559 e. The van der Waals surface area contributed by atoms with Gasteiger partial charge in [-0.2, -0.15) is 0 Å². The number of hydrogen-bond donors (Lipinski definition) is 3. The van der Waals surface area contributed by atoms with Gasteiger partial charge in [0, 0.05) is 101 Å². The molecule has 11 aromatic rings. The maximum absolute atomic E-state index is 12.2. The van der Waals surface area contributed by atoms with E-state index in [0.717, 1.165) is 146 Å². The van der Waals surface area contributed by atoms with Gasteiger partial charge in [-0.1, -0.05) is 121 Å². The van der Waals surface area contributed by atoms with E-state index in [1.54, 1.807) is 18.2 Å². The second-order valence-electron chi connectivity index (χ2n) is 21.6. The maximum Gasteiger partial charge on any atom is 0.634 e. The molecule has 7 aliphatic rings. The van der Waals surface area contributed by atoms with E-state index in [2.05, 4.69) is 177 Å². The molecule has 7 aliphatic heterocycles. The van der Waals surface area contributed by atoms with Crippen molar-refractivity contribution >= 4 is 109 Å². The summed E-state index contributed by atoms with van der Waals surface area (Å²) in [6.45, 7) is 0. The van der Waals surface area contributed by atoms with Gasteiger partial charge in [0.15, 0.2) is 0 Å². The molecule has 11 aromatic carbocycles. The number of benzene rings is 11. The van der Waals surface area contributed by atoms with E-state index in [9.17, 15) is 10.2 Å².